The third kappa shape index (κ3) is 3.29. The Morgan fingerprint density at radius 3 is 2.79 bits per heavy atom. The van der Waals surface area contributed by atoms with Crippen LogP contribution in [-0.2, 0) is 16.1 Å². The van der Waals surface area contributed by atoms with Gasteiger partial charge >= 0.3 is 0 Å². The lowest BCUT2D eigenvalue weighted by molar-refractivity contribution is -0.141. The Hall–Kier alpha value is -1.95. The van der Waals surface area contributed by atoms with Gasteiger partial charge in [-0.3, -0.25) is 19.5 Å². The van der Waals surface area contributed by atoms with Crippen molar-refractivity contribution in [2.45, 2.75) is 19.5 Å². The molecule has 1 aromatic heterocycles. The number of hydrogen-bond acceptors (Lipinski definition) is 4. The zero-order valence-electron chi connectivity index (χ0n) is 11.0. The van der Waals surface area contributed by atoms with Crippen molar-refractivity contribution in [3.63, 3.8) is 0 Å². The Kier molecular flexibility index (Phi) is 4.11. The van der Waals surface area contributed by atoms with E-state index in [1.54, 1.807) is 6.20 Å². The molecule has 0 spiro atoms. The van der Waals surface area contributed by atoms with Gasteiger partial charge in [-0.15, -0.1) is 0 Å². The molecule has 1 aliphatic rings. The van der Waals surface area contributed by atoms with Crippen LogP contribution in [-0.4, -0.2) is 52.3 Å². The molecule has 0 bridgehead atoms. The van der Waals surface area contributed by atoms with E-state index in [4.69, 9.17) is 5.73 Å². The molecule has 1 unspecified atom stereocenters. The van der Waals surface area contributed by atoms with E-state index in [9.17, 15) is 9.59 Å². The van der Waals surface area contributed by atoms with Gasteiger partial charge in [-0.25, -0.2) is 0 Å². The Bertz CT molecular complexity index is 463. The zero-order chi connectivity index (χ0) is 13.8. The summed E-state index contributed by atoms with van der Waals surface area (Å²) in [5.74, 6) is -0.567. The van der Waals surface area contributed by atoms with E-state index in [1.807, 2.05) is 18.2 Å². The van der Waals surface area contributed by atoms with E-state index in [2.05, 4.69) is 9.88 Å². The molecular weight excluding hydrogens is 244 g/mol. The first-order valence-electron chi connectivity index (χ1n) is 6.26. The molecule has 0 saturated carbocycles. The molecule has 0 aliphatic carbocycles. The molecule has 2 heterocycles. The van der Waals surface area contributed by atoms with Crippen LogP contribution >= 0.6 is 0 Å². The van der Waals surface area contributed by atoms with Crippen LogP contribution in [0.5, 0.6) is 0 Å². The van der Waals surface area contributed by atoms with Crippen LogP contribution in [0, 0.1) is 0 Å². The lowest BCUT2D eigenvalue weighted by Gasteiger charge is -2.39. The number of rotatable bonds is 3. The van der Waals surface area contributed by atoms with E-state index in [0.29, 0.717) is 19.6 Å². The zero-order valence-corrected chi connectivity index (χ0v) is 11.0. The van der Waals surface area contributed by atoms with Gasteiger partial charge in [0.2, 0.25) is 11.8 Å². The molecule has 2 rings (SSSR count). The standard InChI is InChI=1S/C13H18N4O2/c1-10(18)17-7-6-16(9-12(17)13(14)19)8-11-4-2-3-5-15-11/h2-5,12H,6-9H2,1H3,(H2,14,19). The van der Waals surface area contributed by atoms with Crippen molar-refractivity contribution in [1.82, 2.24) is 14.8 Å². The van der Waals surface area contributed by atoms with Crippen LogP contribution in [0.2, 0.25) is 0 Å². The fraction of sp³-hybridized carbons (Fsp3) is 0.462. The molecule has 0 radical (unpaired) electrons. The normalized spacial score (nSPS) is 20.3. The Balaban J connectivity index is 2.03. The number of piperazine rings is 1. The lowest BCUT2D eigenvalue weighted by atomic mass is 10.1. The van der Waals surface area contributed by atoms with Crippen molar-refractivity contribution in [3.05, 3.63) is 30.1 Å². The van der Waals surface area contributed by atoms with E-state index >= 15 is 0 Å². The molecule has 0 aromatic carbocycles. The lowest BCUT2D eigenvalue weighted by Crippen LogP contribution is -2.59. The molecule has 1 aliphatic heterocycles. The number of aromatic nitrogens is 1. The molecule has 1 aromatic rings. The van der Waals surface area contributed by atoms with E-state index in [1.165, 1.54) is 11.8 Å². The summed E-state index contributed by atoms with van der Waals surface area (Å²) in [5, 5.41) is 0. The van der Waals surface area contributed by atoms with Crippen LogP contribution in [0.4, 0.5) is 0 Å². The van der Waals surface area contributed by atoms with Crippen LogP contribution < -0.4 is 5.73 Å². The summed E-state index contributed by atoms with van der Waals surface area (Å²) in [6, 6.07) is 5.19. The molecule has 19 heavy (non-hydrogen) atoms. The van der Waals surface area contributed by atoms with Crippen molar-refractivity contribution in [3.8, 4) is 0 Å². The second-order valence-electron chi connectivity index (χ2n) is 4.69. The highest BCUT2D eigenvalue weighted by molar-refractivity contribution is 5.86. The summed E-state index contributed by atoms with van der Waals surface area (Å²) >= 11 is 0. The van der Waals surface area contributed by atoms with Crippen LogP contribution in [0.15, 0.2) is 24.4 Å². The van der Waals surface area contributed by atoms with Crippen molar-refractivity contribution >= 4 is 11.8 Å². The third-order valence-electron chi connectivity index (χ3n) is 3.31. The predicted molar refractivity (Wildman–Crippen MR) is 69.9 cm³/mol. The van der Waals surface area contributed by atoms with Gasteiger partial charge in [-0.05, 0) is 12.1 Å². The topological polar surface area (TPSA) is 79.5 Å². The molecule has 1 fully saturated rings. The van der Waals surface area contributed by atoms with Gasteiger partial charge in [0, 0.05) is 39.3 Å². The van der Waals surface area contributed by atoms with Gasteiger partial charge in [0.05, 0.1) is 5.69 Å². The van der Waals surface area contributed by atoms with Crippen LogP contribution in [0.3, 0.4) is 0 Å². The maximum atomic E-state index is 11.5. The SMILES string of the molecule is CC(=O)N1CCN(Cc2ccccn2)CC1C(N)=O. The largest absolute Gasteiger partial charge is 0.368 e. The number of carbonyl (C=O) groups is 2. The number of nitrogens with zero attached hydrogens (tertiary/aromatic N) is 3. The molecule has 1 atom stereocenters. The summed E-state index contributed by atoms with van der Waals surface area (Å²) in [6.45, 7) is 3.84. The summed E-state index contributed by atoms with van der Waals surface area (Å²) in [5.41, 5.74) is 6.32. The number of nitrogens with two attached hydrogens (primary N) is 1. The highest BCUT2D eigenvalue weighted by atomic mass is 16.2. The summed E-state index contributed by atoms with van der Waals surface area (Å²) in [4.78, 5) is 30.8. The number of carbonyl (C=O) groups excluding carboxylic acids is 2. The van der Waals surface area contributed by atoms with Gasteiger partial charge in [0.25, 0.3) is 0 Å². The van der Waals surface area contributed by atoms with Gasteiger partial charge in [0.15, 0.2) is 0 Å². The number of pyridine rings is 1. The number of primary amides is 1. The predicted octanol–water partition coefficient (Wildman–Crippen LogP) is -0.400. The molecule has 1 saturated heterocycles. The first-order chi connectivity index (χ1) is 9.08. The van der Waals surface area contributed by atoms with Crippen molar-refractivity contribution in [1.29, 1.82) is 0 Å². The fourth-order valence-corrected chi connectivity index (χ4v) is 2.32. The average molecular weight is 262 g/mol. The third-order valence-corrected chi connectivity index (χ3v) is 3.31. The van der Waals surface area contributed by atoms with Crippen LogP contribution in [0.25, 0.3) is 0 Å². The van der Waals surface area contributed by atoms with E-state index < -0.39 is 11.9 Å². The molecule has 6 nitrogen and oxygen atoms in total. The summed E-state index contributed by atoms with van der Waals surface area (Å²) in [6.07, 6.45) is 1.74. The monoisotopic (exact) mass is 262 g/mol. The van der Waals surface area contributed by atoms with Gasteiger partial charge in [-0.1, -0.05) is 6.07 Å². The Morgan fingerprint density at radius 1 is 1.42 bits per heavy atom. The second kappa shape index (κ2) is 5.79. The number of amides is 2. The maximum absolute atomic E-state index is 11.5. The second-order valence-corrected chi connectivity index (χ2v) is 4.69. The highest BCUT2D eigenvalue weighted by Gasteiger charge is 2.32. The quantitative estimate of drug-likeness (QED) is 0.804. The molecule has 2 N–H and O–H groups in total. The summed E-state index contributed by atoms with van der Waals surface area (Å²) < 4.78 is 0. The van der Waals surface area contributed by atoms with E-state index in [-0.39, 0.29) is 5.91 Å². The Morgan fingerprint density at radius 2 is 2.21 bits per heavy atom. The Labute approximate surface area is 112 Å². The average Bonchev–Trinajstić information content (AvgIpc) is 2.39. The van der Waals surface area contributed by atoms with Crippen molar-refractivity contribution < 1.29 is 9.59 Å². The first-order valence-corrected chi connectivity index (χ1v) is 6.26. The molecule has 2 amide bonds. The smallest absolute Gasteiger partial charge is 0.241 e. The van der Waals surface area contributed by atoms with Crippen molar-refractivity contribution in [2.24, 2.45) is 5.73 Å². The van der Waals surface area contributed by atoms with Crippen molar-refractivity contribution in [2.75, 3.05) is 19.6 Å². The highest BCUT2D eigenvalue weighted by Crippen LogP contribution is 2.12. The number of hydrogen-bond donors (Lipinski definition) is 1. The van der Waals surface area contributed by atoms with Gasteiger partial charge in [-0.2, -0.15) is 0 Å². The minimum atomic E-state index is -0.546. The van der Waals surface area contributed by atoms with Gasteiger partial charge < -0.3 is 10.6 Å². The molecule has 102 valence electrons. The first kappa shape index (κ1) is 13.5. The molecular formula is C13H18N4O2. The minimum Gasteiger partial charge on any atom is -0.368 e. The molecule has 6 heteroatoms. The van der Waals surface area contributed by atoms with Gasteiger partial charge in [0.1, 0.15) is 6.04 Å². The maximum Gasteiger partial charge on any atom is 0.241 e. The van der Waals surface area contributed by atoms with E-state index in [0.717, 1.165) is 12.2 Å². The minimum absolute atomic E-state index is 0.110. The van der Waals surface area contributed by atoms with Crippen LogP contribution in [0.1, 0.15) is 12.6 Å². The summed E-state index contributed by atoms with van der Waals surface area (Å²) in [7, 11) is 0. The fourth-order valence-electron chi connectivity index (χ4n) is 2.32.